The topological polar surface area (TPSA) is 52.7 Å². The van der Waals surface area contributed by atoms with Crippen molar-refractivity contribution in [3.05, 3.63) is 30.1 Å². The molecule has 1 aliphatic rings. The molecule has 1 aliphatic heterocycles. The Labute approximate surface area is 130 Å². The van der Waals surface area contributed by atoms with Gasteiger partial charge in [0.2, 0.25) is 11.8 Å². The minimum atomic E-state index is -0.254. The number of amides is 2. The van der Waals surface area contributed by atoms with E-state index in [4.69, 9.17) is 0 Å². The molecular weight excluding hydrogens is 285 g/mol. The molecule has 1 fully saturated rings. The van der Waals surface area contributed by atoms with Crippen molar-refractivity contribution in [2.75, 3.05) is 37.6 Å². The Bertz CT molecular complexity index is 511. The van der Waals surface area contributed by atoms with Gasteiger partial charge in [0.15, 0.2) is 0 Å². The van der Waals surface area contributed by atoms with Crippen LogP contribution in [0.3, 0.4) is 0 Å². The van der Waals surface area contributed by atoms with Crippen molar-refractivity contribution in [3.8, 4) is 0 Å². The van der Waals surface area contributed by atoms with Gasteiger partial charge in [0, 0.05) is 38.4 Å². The fourth-order valence-corrected chi connectivity index (χ4v) is 2.44. The number of halogens is 1. The van der Waals surface area contributed by atoms with Gasteiger partial charge in [0.05, 0.1) is 0 Å². The molecule has 0 unspecified atom stereocenters. The summed E-state index contributed by atoms with van der Waals surface area (Å²) in [5.41, 5.74) is 0.953. The number of carbonyl (C=O) groups is 2. The van der Waals surface area contributed by atoms with E-state index < -0.39 is 0 Å². The first-order valence-electron chi connectivity index (χ1n) is 7.65. The molecule has 1 heterocycles. The molecule has 0 radical (unpaired) electrons. The number of anilines is 1. The molecule has 1 aromatic rings. The van der Waals surface area contributed by atoms with Crippen molar-refractivity contribution in [1.82, 2.24) is 10.2 Å². The van der Waals surface area contributed by atoms with Gasteiger partial charge >= 0.3 is 0 Å². The first kappa shape index (κ1) is 16.3. The third-order valence-electron chi connectivity index (χ3n) is 3.71. The number of hydrogen-bond acceptors (Lipinski definition) is 3. The zero-order valence-corrected chi connectivity index (χ0v) is 12.8. The van der Waals surface area contributed by atoms with Crippen molar-refractivity contribution >= 4 is 17.5 Å². The smallest absolute Gasteiger partial charge is 0.232 e. The van der Waals surface area contributed by atoms with Crippen LogP contribution in [0.5, 0.6) is 0 Å². The molecule has 0 bridgehead atoms. The summed E-state index contributed by atoms with van der Waals surface area (Å²) in [5, 5.41) is 2.71. The van der Waals surface area contributed by atoms with E-state index in [2.05, 4.69) is 10.2 Å². The fraction of sp³-hybridized carbons (Fsp3) is 0.500. The number of piperazine rings is 1. The molecule has 0 atom stereocenters. The van der Waals surface area contributed by atoms with E-state index in [0.717, 1.165) is 12.1 Å². The van der Waals surface area contributed by atoms with Crippen molar-refractivity contribution in [2.45, 2.75) is 19.8 Å². The first-order chi connectivity index (χ1) is 10.6. The lowest BCUT2D eigenvalue weighted by molar-refractivity contribution is -0.136. The zero-order chi connectivity index (χ0) is 15.9. The van der Waals surface area contributed by atoms with E-state index in [1.54, 1.807) is 17.0 Å². The summed E-state index contributed by atoms with van der Waals surface area (Å²) in [6.45, 7) is 5.11. The molecule has 1 saturated heterocycles. The zero-order valence-electron chi connectivity index (χ0n) is 12.8. The van der Waals surface area contributed by atoms with E-state index >= 15 is 0 Å². The van der Waals surface area contributed by atoms with Crippen LogP contribution in [0, 0.1) is 5.82 Å². The molecule has 120 valence electrons. The minimum Gasteiger partial charge on any atom is -0.368 e. The largest absolute Gasteiger partial charge is 0.368 e. The molecule has 0 saturated carbocycles. The Balaban J connectivity index is 1.80. The summed E-state index contributed by atoms with van der Waals surface area (Å²) >= 11 is 0. The van der Waals surface area contributed by atoms with E-state index in [1.807, 2.05) is 6.92 Å². The molecule has 0 aliphatic carbocycles. The van der Waals surface area contributed by atoms with Gasteiger partial charge < -0.3 is 15.1 Å². The summed E-state index contributed by atoms with van der Waals surface area (Å²) in [6.07, 6.45) is 0.771. The lowest BCUT2D eigenvalue weighted by Gasteiger charge is -2.36. The van der Waals surface area contributed by atoms with Gasteiger partial charge in [-0.15, -0.1) is 0 Å². The van der Waals surface area contributed by atoms with Crippen LogP contribution in [0.2, 0.25) is 0 Å². The molecule has 1 aromatic carbocycles. The lowest BCUT2D eigenvalue weighted by Crippen LogP contribution is -2.49. The molecular formula is C16H22FN3O2. The standard InChI is InChI=1S/C16H22FN3O2/c1-2-7-18-15(21)12-16(22)20-10-8-19(9-11-20)14-5-3-13(17)4-6-14/h3-6H,2,7-12H2,1H3,(H,18,21). The summed E-state index contributed by atoms with van der Waals surface area (Å²) in [5.74, 6) is -0.601. The summed E-state index contributed by atoms with van der Waals surface area (Å²) in [7, 11) is 0. The van der Waals surface area contributed by atoms with E-state index in [0.29, 0.717) is 32.7 Å². The van der Waals surface area contributed by atoms with Crippen molar-refractivity contribution < 1.29 is 14.0 Å². The van der Waals surface area contributed by atoms with E-state index in [9.17, 15) is 14.0 Å². The number of hydrogen-bond donors (Lipinski definition) is 1. The highest BCUT2D eigenvalue weighted by atomic mass is 19.1. The average molecular weight is 307 g/mol. The fourth-order valence-electron chi connectivity index (χ4n) is 2.44. The number of carbonyl (C=O) groups excluding carboxylic acids is 2. The lowest BCUT2D eigenvalue weighted by atomic mass is 10.2. The highest BCUT2D eigenvalue weighted by Crippen LogP contribution is 2.17. The summed E-state index contributed by atoms with van der Waals surface area (Å²) in [4.78, 5) is 27.5. The molecule has 0 aromatic heterocycles. The van der Waals surface area contributed by atoms with E-state index in [-0.39, 0.29) is 24.1 Å². The SMILES string of the molecule is CCCNC(=O)CC(=O)N1CCN(c2ccc(F)cc2)CC1. The van der Waals surface area contributed by atoms with Gasteiger partial charge in [-0.1, -0.05) is 6.92 Å². The third-order valence-corrected chi connectivity index (χ3v) is 3.71. The van der Waals surface area contributed by atoms with Gasteiger partial charge in [-0.2, -0.15) is 0 Å². The Morgan fingerprint density at radius 3 is 2.36 bits per heavy atom. The molecule has 5 nitrogen and oxygen atoms in total. The predicted molar refractivity (Wildman–Crippen MR) is 83.1 cm³/mol. The van der Waals surface area contributed by atoms with Crippen molar-refractivity contribution in [2.24, 2.45) is 0 Å². The number of benzene rings is 1. The Morgan fingerprint density at radius 2 is 1.77 bits per heavy atom. The Hall–Kier alpha value is -2.11. The van der Waals surface area contributed by atoms with Gasteiger partial charge in [-0.05, 0) is 30.7 Å². The quantitative estimate of drug-likeness (QED) is 0.837. The van der Waals surface area contributed by atoms with Crippen LogP contribution in [-0.2, 0) is 9.59 Å². The molecule has 0 spiro atoms. The monoisotopic (exact) mass is 307 g/mol. The number of nitrogens with one attached hydrogen (secondary N) is 1. The second-order valence-corrected chi connectivity index (χ2v) is 5.37. The number of rotatable bonds is 5. The molecule has 2 amide bonds. The highest BCUT2D eigenvalue weighted by Gasteiger charge is 2.22. The van der Waals surface area contributed by atoms with Crippen LogP contribution < -0.4 is 10.2 Å². The molecule has 6 heteroatoms. The number of nitrogens with zero attached hydrogens (tertiary/aromatic N) is 2. The maximum absolute atomic E-state index is 12.9. The molecule has 22 heavy (non-hydrogen) atoms. The van der Waals surface area contributed by atoms with Crippen LogP contribution >= 0.6 is 0 Å². The third kappa shape index (κ3) is 4.44. The van der Waals surface area contributed by atoms with Crippen LogP contribution in [0.4, 0.5) is 10.1 Å². The van der Waals surface area contributed by atoms with Gasteiger partial charge in [0.25, 0.3) is 0 Å². The van der Waals surface area contributed by atoms with Gasteiger partial charge in [-0.25, -0.2) is 4.39 Å². The molecule has 1 N–H and O–H groups in total. The van der Waals surface area contributed by atoms with Gasteiger partial charge in [0.1, 0.15) is 12.2 Å². The van der Waals surface area contributed by atoms with Crippen LogP contribution in [0.15, 0.2) is 24.3 Å². The van der Waals surface area contributed by atoms with Crippen LogP contribution in [0.1, 0.15) is 19.8 Å². The average Bonchev–Trinajstić information content (AvgIpc) is 2.54. The maximum Gasteiger partial charge on any atom is 0.232 e. The van der Waals surface area contributed by atoms with Crippen LogP contribution in [-0.4, -0.2) is 49.4 Å². The highest BCUT2D eigenvalue weighted by molar-refractivity contribution is 5.96. The second-order valence-electron chi connectivity index (χ2n) is 5.37. The van der Waals surface area contributed by atoms with Crippen molar-refractivity contribution in [1.29, 1.82) is 0 Å². The Kier molecular flexibility index (Phi) is 5.75. The molecule has 2 rings (SSSR count). The maximum atomic E-state index is 12.9. The first-order valence-corrected chi connectivity index (χ1v) is 7.65. The van der Waals surface area contributed by atoms with E-state index in [1.165, 1.54) is 12.1 Å². The van der Waals surface area contributed by atoms with Gasteiger partial charge in [-0.3, -0.25) is 9.59 Å². The predicted octanol–water partition coefficient (Wildman–Crippen LogP) is 1.39. The van der Waals surface area contributed by atoms with Crippen molar-refractivity contribution in [3.63, 3.8) is 0 Å². The van der Waals surface area contributed by atoms with Crippen LogP contribution in [0.25, 0.3) is 0 Å². The Morgan fingerprint density at radius 1 is 1.14 bits per heavy atom. The normalized spacial score (nSPS) is 14.8. The summed E-state index contributed by atoms with van der Waals surface area (Å²) in [6, 6.07) is 6.35. The second kappa shape index (κ2) is 7.77. The summed E-state index contributed by atoms with van der Waals surface area (Å²) < 4.78 is 12.9. The minimum absolute atomic E-state index is 0.0868.